The summed E-state index contributed by atoms with van der Waals surface area (Å²) >= 11 is 19.1. The van der Waals surface area contributed by atoms with E-state index in [1.54, 1.807) is 0 Å². The molecule has 3 rings (SSSR count). The molecule has 36 heavy (non-hydrogen) atoms. The number of hydrogen-bond acceptors (Lipinski definition) is 6. The van der Waals surface area contributed by atoms with E-state index in [2.05, 4.69) is 84.7 Å². The first-order valence-corrected chi connectivity index (χ1v) is 27.3. The van der Waals surface area contributed by atoms with Crippen molar-refractivity contribution in [3.63, 3.8) is 0 Å². The normalized spacial score (nSPS) is 24.5. The van der Waals surface area contributed by atoms with Gasteiger partial charge in [0.2, 0.25) is 0 Å². The Morgan fingerprint density at radius 1 is 0.333 bits per heavy atom. The molecule has 3 aliphatic heterocycles. The maximum atomic E-state index is 5.73. The van der Waals surface area contributed by atoms with Gasteiger partial charge in [0.25, 0.3) is 0 Å². The number of hydrogen-bond donors (Lipinski definition) is 2. The molecule has 3 aliphatic rings. The summed E-state index contributed by atoms with van der Waals surface area (Å²) in [6.07, 6.45) is 0. The first-order chi connectivity index (χ1) is 16.4. The van der Waals surface area contributed by atoms with E-state index in [0.29, 0.717) is 39.6 Å². The first kappa shape index (κ1) is 45.0. The summed E-state index contributed by atoms with van der Waals surface area (Å²) in [5.74, 6) is 0. The molecule has 2 N–H and O–H groups in total. The Morgan fingerprint density at radius 2 is 0.472 bits per heavy atom. The molecule has 3 fully saturated rings. The molecule has 0 saturated carbocycles. The number of quaternary nitrogens is 2. The zero-order valence-corrected chi connectivity index (χ0v) is 34.8. The molecular weight excluding hydrogens is 1090 g/mol. The van der Waals surface area contributed by atoms with Crippen molar-refractivity contribution in [2.75, 3.05) is 119 Å². The van der Waals surface area contributed by atoms with Gasteiger partial charge < -0.3 is 72.2 Å². The van der Waals surface area contributed by atoms with Crippen LogP contribution in [0.3, 0.4) is 0 Å². The Bertz CT molecular complexity index is 347. The number of halogens is 8. The third-order valence-corrected chi connectivity index (χ3v) is 4.72. The number of rotatable bonds is 0. The molecule has 0 aromatic heterocycles. The van der Waals surface area contributed by atoms with Crippen molar-refractivity contribution in [3.8, 4) is 0 Å². The van der Waals surface area contributed by atoms with Gasteiger partial charge in [-0.05, 0) is 0 Å². The zero-order chi connectivity index (χ0) is 25.3. The van der Waals surface area contributed by atoms with Crippen LogP contribution in [0.1, 0.15) is 0 Å². The first-order valence-electron chi connectivity index (χ1n) is 10.9. The predicted molar refractivity (Wildman–Crippen MR) is 150 cm³/mol. The van der Waals surface area contributed by atoms with Crippen LogP contribution in [0.2, 0.25) is 0 Å². The molecule has 18 heteroatoms. The fraction of sp³-hybridized carbons (Fsp3) is 1.00. The Kier molecular flexibility index (Phi) is 44.7. The third-order valence-electron chi connectivity index (χ3n) is 4.72. The molecule has 3 saturated heterocycles. The molecule has 8 nitrogen and oxygen atoms in total. The van der Waals surface area contributed by atoms with E-state index >= 15 is 0 Å². The second kappa shape index (κ2) is 35.8. The number of nitrogens with one attached hydrogen (secondary N) is 2. The molecule has 0 unspecified atom stereocenters. The summed E-state index contributed by atoms with van der Waals surface area (Å²) in [5, 5.41) is 0. The van der Waals surface area contributed by atoms with E-state index in [4.69, 9.17) is 28.4 Å². The predicted octanol–water partition coefficient (Wildman–Crippen LogP) is -4.04. The molecule has 0 radical (unpaired) electrons. The van der Waals surface area contributed by atoms with Gasteiger partial charge in [0.05, 0.1) is 79.3 Å². The monoisotopic (exact) mass is 1120 g/mol. The van der Waals surface area contributed by atoms with Gasteiger partial charge in [-0.15, -0.1) is 0 Å². The second-order valence-electron chi connectivity index (χ2n) is 6.98. The Labute approximate surface area is 288 Å². The zero-order valence-electron chi connectivity index (χ0n) is 19.9. The van der Waals surface area contributed by atoms with Gasteiger partial charge in [-0.3, -0.25) is 0 Å². The summed E-state index contributed by atoms with van der Waals surface area (Å²) < 4.78 is 34.4. The van der Waals surface area contributed by atoms with Crippen molar-refractivity contribution in [3.05, 3.63) is 0 Å². The van der Waals surface area contributed by atoms with Gasteiger partial charge >= 0.3 is 102 Å². The van der Waals surface area contributed by atoms with Gasteiger partial charge in [0.15, 0.2) is 0 Å². The molecule has 0 atom stereocenters. The molecule has 2 bridgehead atoms. The van der Waals surface area contributed by atoms with Crippen LogP contribution >= 0.6 is 84.7 Å². The van der Waals surface area contributed by atoms with Gasteiger partial charge in [-0.2, -0.15) is 0 Å². The van der Waals surface area contributed by atoms with Gasteiger partial charge in [0.1, 0.15) is 39.3 Å². The van der Waals surface area contributed by atoms with Gasteiger partial charge in [0, 0.05) is 0 Å². The van der Waals surface area contributed by atoms with Crippen LogP contribution in [0.4, 0.5) is 0 Å². The van der Waals surface area contributed by atoms with E-state index in [9.17, 15) is 0 Å². The van der Waals surface area contributed by atoms with Crippen LogP contribution < -0.4 is 43.8 Å². The summed E-state index contributed by atoms with van der Waals surface area (Å²) in [4.78, 5) is 2.88. The topological polar surface area (TPSA) is 64.3 Å². The van der Waals surface area contributed by atoms with E-state index in [1.807, 2.05) is 0 Å². The maximum absolute atomic E-state index is 5.73. The van der Waals surface area contributed by atoms with E-state index in [-0.39, 0.29) is 50.9 Å². The molecule has 3 heterocycles. The molecule has 0 aromatic rings. The Morgan fingerprint density at radius 3 is 0.611 bits per heavy atom. The van der Waals surface area contributed by atoms with Crippen molar-refractivity contribution in [2.24, 2.45) is 0 Å². The SMILES string of the molecule is C1COCC[NH+]2CCOCCOCC[NH+](CCO1)CCOCCOCC2.[Br-].[Br-].[Br][Fe]([Br])[Br].[Br][Fe]([Br])[Br]. The van der Waals surface area contributed by atoms with Crippen LogP contribution in [0.5, 0.6) is 0 Å². The second-order valence-corrected chi connectivity index (χ2v) is 40.4. The van der Waals surface area contributed by atoms with Crippen LogP contribution in [0.15, 0.2) is 0 Å². The third kappa shape index (κ3) is 38.6. The van der Waals surface area contributed by atoms with Crippen LogP contribution in [-0.2, 0) is 45.4 Å². The molecule has 0 amide bonds. The van der Waals surface area contributed by atoms with Gasteiger partial charge in [-0.1, -0.05) is 0 Å². The summed E-state index contributed by atoms with van der Waals surface area (Å²) in [6, 6.07) is 0. The summed E-state index contributed by atoms with van der Waals surface area (Å²) in [7, 11) is -0.625. The van der Waals surface area contributed by atoms with Crippen molar-refractivity contribution in [1.82, 2.24) is 0 Å². The molecule has 0 aromatic carbocycles. The van der Waals surface area contributed by atoms with Crippen molar-refractivity contribution in [1.29, 1.82) is 0 Å². The standard InChI is InChI=1S/C18H36N2O6.8BrH.2Fe/c1-7-21-13-14-24-10-4-20-5-11-25-17-15-22-8-2-19(1)3-9-23-16-18-26-12-6-20;;;;;;;;;;/h1-18H2;8*1H;;/q;;;;;;;;;2*+3/p-6. The van der Waals surface area contributed by atoms with Crippen molar-refractivity contribution >= 4 is 84.7 Å². The average Bonchev–Trinajstić information content (AvgIpc) is 2.76. The van der Waals surface area contributed by atoms with E-state index in [0.717, 1.165) is 78.9 Å². The van der Waals surface area contributed by atoms with E-state index < -0.39 is 0 Å². The minimum atomic E-state index is -0.312. The van der Waals surface area contributed by atoms with Crippen LogP contribution in [0, 0.1) is 0 Å². The van der Waals surface area contributed by atoms with Crippen LogP contribution in [-0.4, -0.2) is 119 Å². The van der Waals surface area contributed by atoms with Crippen molar-refractivity contribution < 1.29 is 89.1 Å². The Hall–Kier alpha value is 4.56. The average molecular weight is 1130 g/mol. The molecule has 228 valence electrons. The number of ether oxygens (including phenoxy) is 6. The minimum absolute atomic E-state index is 0. The fourth-order valence-corrected chi connectivity index (χ4v) is 3.01. The van der Waals surface area contributed by atoms with Gasteiger partial charge in [-0.25, -0.2) is 0 Å². The summed E-state index contributed by atoms with van der Waals surface area (Å²) in [6.45, 7) is 14.1. The molecule has 0 spiro atoms. The van der Waals surface area contributed by atoms with E-state index in [1.165, 1.54) is 9.80 Å². The summed E-state index contributed by atoms with van der Waals surface area (Å²) in [5.41, 5.74) is 0. The fourth-order valence-electron chi connectivity index (χ4n) is 3.01. The Balaban J connectivity index is -0.000000953. The number of fused-ring (bicyclic) bond motifs is 21. The molecular formula is C18H38Br8Fe2N2O6. The quantitative estimate of drug-likeness (QED) is 0.242. The van der Waals surface area contributed by atoms with Crippen molar-refractivity contribution in [2.45, 2.75) is 0 Å². The molecule has 0 aliphatic carbocycles. The van der Waals surface area contributed by atoms with Crippen LogP contribution in [0.25, 0.3) is 0 Å².